The zero-order valence-electron chi connectivity index (χ0n) is 9.95. The van der Waals surface area contributed by atoms with E-state index in [2.05, 4.69) is 0 Å². The average Bonchev–Trinajstić information content (AvgIpc) is 2.81. The van der Waals surface area contributed by atoms with Gasteiger partial charge in [0.05, 0.1) is 6.10 Å². The standard InChI is InChI=1S/C13H22O3/c14-13(9-11-5-2-1-3-6-11)16-10-12-7-4-8-15-12/h11-12H,1-10H2. The molecule has 0 aromatic rings. The molecule has 3 heteroatoms. The number of hydrogen-bond donors (Lipinski definition) is 0. The van der Waals surface area contributed by atoms with E-state index in [9.17, 15) is 4.79 Å². The summed E-state index contributed by atoms with van der Waals surface area (Å²) >= 11 is 0. The van der Waals surface area contributed by atoms with Crippen molar-refractivity contribution >= 4 is 5.97 Å². The van der Waals surface area contributed by atoms with Gasteiger partial charge in [0.25, 0.3) is 0 Å². The van der Waals surface area contributed by atoms with Crippen LogP contribution >= 0.6 is 0 Å². The zero-order valence-corrected chi connectivity index (χ0v) is 9.95. The van der Waals surface area contributed by atoms with Gasteiger partial charge in [0, 0.05) is 13.0 Å². The van der Waals surface area contributed by atoms with Crippen molar-refractivity contribution in [1.82, 2.24) is 0 Å². The van der Waals surface area contributed by atoms with E-state index in [0.717, 1.165) is 19.4 Å². The Morgan fingerprint density at radius 2 is 1.94 bits per heavy atom. The number of ether oxygens (including phenoxy) is 2. The third kappa shape index (κ3) is 3.78. The molecule has 0 aromatic heterocycles. The lowest BCUT2D eigenvalue weighted by Crippen LogP contribution is -2.20. The molecule has 1 aliphatic heterocycles. The minimum atomic E-state index is -0.0256. The van der Waals surface area contributed by atoms with Crippen LogP contribution in [0.4, 0.5) is 0 Å². The van der Waals surface area contributed by atoms with Crippen LogP contribution in [-0.4, -0.2) is 25.3 Å². The molecule has 1 saturated carbocycles. The van der Waals surface area contributed by atoms with E-state index in [-0.39, 0.29) is 12.1 Å². The van der Waals surface area contributed by atoms with Crippen LogP contribution in [0.25, 0.3) is 0 Å². The van der Waals surface area contributed by atoms with E-state index in [4.69, 9.17) is 9.47 Å². The molecule has 92 valence electrons. The first-order chi connectivity index (χ1) is 7.84. The van der Waals surface area contributed by atoms with Crippen molar-refractivity contribution in [2.45, 2.75) is 57.5 Å². The fraction of sp³-hybridized carbons (Fsp3) is 0.923. The minimum Gasteiger partial charge on any atom is -0.463 e. The second-order valence-electron chi connectivity index (χ2n) is 5.03. The van der Waals surface area contributed by atoms with Crippen molar-refractivity contribution in [3.05, 3.63) is 0 Å². The summed E-state index contributed by atoms with van der Waals surface area (Å²) in [4.78, 5) is 11.6. The van der Waals surface area contributed by atoms with E-state index in [1.165, 1.54) is 32.1 Å². The van der Waals surface area contributed by atoms with Crippen molar-refractivity contribution in [1.29, 1.82) is 0 Å². The van der Waals surface area contributed by atoms with E-state index < -0.39 is 0 Å². The molecule has 0 amide bonds. The van der Waals surface area contributed by atoms with E-state index >= 15 is 0 Å². The Labute approximate surface area is 97.5 Å². The fourth-order valence-corrected chi connectivity index (χ4v) is 2.65. The average molecular weight is 226 g/mol. The predicted octanol–water partition coefficient (Wildman–Crippen LogP) is 2.68. The molecule has 1 atom stereocenters. The highest BCUT2D eigenvalue weighted by molar-refractivity contribution is 5.69. The molecule has 1 heterocycles. The Hall–Kier alpha value is -0.570. The molecule has 0 radical (unpaired) electrons. The van der Waals surface area contributed by atoms with Crippen molar-refractivity contribution < 1.29 is 14.3 Å². The number of esters is 1. The molecule has 2 aliphatic rings. The molecular formula is C13H22O3. The van der Waals surface area contributed by atoms with Gasteiger partial charge in [-0.15, -0.1) is 0 Å². The third-order valence-corrected chi connectivity index (χ3v) is 3.63. The molecular weight excluding hydrogens is 204 g/mol. The number of carbonyl (C=O) groups is 1. The van der Waals surface area contributed by atoms with Crippen LogP contribution in [0.2, 0.25) is 0 Å². The van der Waals surface area contributed by atoms with Gasteiger partial charge in [0.1, 0.15) is 6.61 Å². The second kappa shape index (κ2) is 6.24. The molecule has 0 aromatic carbocycles. The molecule has 0 bridgehead atoms. The third-order valence-electron chi connectivity index (χ3n) is 3.63. The summed E-state index contributed by atoms with van der Waals surface area (Å²) in [5.74, 6) is 0.549. The van der Waals surface area contributed by atoms with Crippen molar-refractivity contribution in [2.24, 2.45) is 5.92 Å². The lowest BCUT2D eigenvalue weighted by atomic mass is 9.87. The molecule has 2 fully saturated rings. The Bertz CT molecular complexity index is 215. The highest BCUT2D eigenvalue weighted by Gasteiger charge is 2.20. The molecule has 0 N–H and O–H groups in total. The summed E-state index contributed by atoms with van der Waals surface area (Å²) in [5, 5.41) is 0. The number of carbonyl (C=O) groups excluding carboxylic acids is 1. The van der Waals surface area contributed by atoms with E-state index in [0.29, 0.717) is 18.9 Å². The highest BCUT2D eigenvalue weighted by atomic mass is 16.6. The van der Waals surface area contributed by atoms with Crippen LogP contribution in [0.5, 0.6) is 0 Å². The summed E-state index contributed by atoms with van der Waals surface area (Å²) in [6, 6.07) is 0. The number of hydrogen-bond acceptors (Lipinski definition) is 3. The molecule has 16 heavy (non-hydrogen) atoms. The van der Waals surface area contributed by atoms with Crippen LogP contribution in [0, 0.1) is 5.92 Å². The van der Waals surface area contributed by atoms with Gasteiger partial charge in [-0.2, -0.15) is 0 Å². The second-order valence-corrected chi connectivity index (χ2v) is 5.03. The lowest BCUT2D eigenvalue weighted by Gasteiger charge is -2.20. The topological polar surface area (TPSA) is 35.5 Å². The summed E-state index contributed by atoms with van der Waals surface area (Å²) in [5.41, 5.74) is 0. The first-order valence-corrected chi connectivity index (χ1v) is 6.62. The van der Waals surface area contributed by atoms with Crippen LogP contribution < -0.4 is 0 Å². The van der Waals surface area contributed by atoms with Crippen LogP contribution in [0.1, 0.15) is 51.4 Å². The van der Waals surface area contributed by atoms with Gasteiger partial charge in [-0.1, -0.05) is 19.3 Å². The predicted molar refractivity (Wildman–Crippen MR) is 61.1 cm³/mol. The summed E-state index contributed by atoms with van der Waals surface area (Å²) < 4.78 is 10.7. The molecule has 3 nitrogen and oxygen atoms in total. The molecule has 2 rings (SSSR count). The highest BCUT2D eigenvalue weighted by Crippen LogP contribution is 2.26. The molecule has 0 spiro atoms. The summed E-state index contributed by atoms with van der Waals surface area (Å²) in [7, 11) is 0. The first-order valence-electron chi connectivity index (χ1n) is 6.62. The quantitative estimate of drug-likeness (QED) is 0.691. The minimum absolute atomic E-state index is 0.0256. The maximum Gasteiger partial charge on any atom is 0.306 e. The monoisotopic (exact) mass is 226 g/mol. The van der Waals surface area contributed by atoms with Gasteiger partial charge in [0.15, 0.2) is 0 Å². The summed E-state index contributed by atoms with van der Waals surface area (Å²) in [6.07, 6.45) is 9.22. The molecule has 1 aliphatic carbocycles. The van der Waals surface area contributed by atoms with Crippen molar-refractivity contribution in [3.8, 4) is 0 Å². The lowest BCUT2D eigenvalue weighted by molar-refractivity contribution is -0.148. The molecule has 1 saturated heterocycles. The van der Waals surface area contributed by atoms with Crippen LogP contribution in [0.3, 0.4) is 0 Å². The smallest absolute Gasteiger partial charge is 0.306 e. The van der Waals surface area contributed by atoms with Crippen molar-refractivity contribution in [3.63, 3.8) is 0 Å². The van der Waals surface area contributed by atoms with Gasteiger partial charge in [0.2, 0.25) is 0 Å². The van der Waals surface area contributed by atoms with Crippen LogP contribution in [0.15, 0.2) is 0 Å². The Kier molecular flexibility index (Phi) is 4.64. The Balaban J connectivity index is 1.59. The van der Waals surface area contributed by atoms with Gasteiger partial charge in [-0.3, -0.25) is 4.79 Å². The Morgan fingerprint density at radius 3 is 2.62 bits per heavy atom. The van der Waals surface area contributed by atoms with Gasteiger partial charge < -0.3 is 9.47 Å². The number of rotatable bonds is 4. The SMILES string of the molecule is O=C(CC1CCCCC1)OCC1CCCO1. The maximum atomic E-state index is 11.6. The van der Waals surface area contributed by atoms with Crippen molar-refractivity contribution in [2.75, 3.05) is 13.2 Å². The van der Waals surface area contributed by atoms with Crippen LogP contribution in [-0.2, 0) is 14.3 Å². The zero-order chi connectivity index (χ0) is 11.2. The largest absolute Gasteiger partial charge is 0.463 e. The fourth-order valence-electron chi connectivity index (χ4n) is 2.65. The Morgan fingerprint density at radius 1 is 1.12 bits per heavy atom. The van der Waals surface area contributed by atoms with E-state index in [1.807, 2.05) is 0 Å². The van der Waals surface area contributed by atoms with Gasteiger partial charge in [-0.25, -0.2) is 0 Å². The summed E-state index contributed by atoms with van der Waals surface area (Å²) in [6.45, 7) is 1.29. The van der Waals surface area contributed by atoms with Gasteiger partial charge >= 0.3 is 5.97 Å². The maximum absolute atomic E-state index is 11.6. The van der Waals surface area contributed by atoms with Gasteiger partial charge in [-0.05, 0) is 31.6 Å². The first kappa shape index (κ1) is 11.9. The van der Waals surface area contributed by atoms with E-state index in [1.54, 1.807) is 0 Å². The normalized spacial score (nSPS) is 26.9. The molecule has 1 unspecified atom stereocenters.